The van der Waals surface area contributed by atoms with E-state index in [1.54, 1.807) is 24.3 Å². The number of benzene rings is 2. The van der Waals surface area contributed by atoms with Crippen LogP contribution in [0.3, 0.4) is 0 Å². The summed E-state index contributed by atoms with van der Waals surface area (Å²) >= 11 is 11.8. The minimum Gasteiger partial charge on any atom is -0.316 e. The van der Waals surface area contributed by atoms with Crippen molar-refractivity contribution in [1.29, 1.82) is 0 Å². The highest BCUT2D eigenvalue weighted by Gasteiger charge is 2.08. The molecule has 1 N–H and O–H groups in total. The maximum Gasteiger partial charge on any atom is 0.132 e. The van der Waals surface area contributed by atoms with Crippen molar-refractivity contribution in [3.8, 4) is 11.1 Å². The molecule has 0 aliphatic heterocycles. The third-order valence-corrected chi connectivity index (χ3v) is 3.26. The Morgan fingerprint density at radius 3 is 2.56 bits per heavy atom. The zero-order valence-corrected chi connectivity index (χ0v) is 11.3. The molecule has 0 unspecified atom stereocenters. The largest absolute Gasteiger partial charge is 0.316 e. The zero-order chi connectivity index (χ0) is 13.1. The number of hydrogen-bond donors (Lipinski definition) is 1. The van der Waals surface area contributed by atoms with Crippen LogP contribution in [0, 0.1) is 5.82 Å². The maximum absolute atomic E-state index is 13.8. The molecule has 18 heavy (non-hydrogen) atoms. The smallest absolute Gasteiger partial charge is 0.132 e. The van der Waals surface area contributed by atoms with E-state index in [1.165, 1.54) is 6.07 Å². The van der Waals surface area contributed by atoms with Crippen molar-refractivity contribution in [1.82, 2.24) is 5.32 Å². The van der Waals surface area contributed by atoms with E-state index in [4.69, 9.17) is 23.2 Å². The van der Waals surface area contributed by atoms with Crippen molar-refractivity contribution in [3.05, 3.63) is 57.8 Å². The Balaban J connectivity index is 2.47. The lowest BCUT2D eigenvalue weighted by Crippen LogP contribution is -2.05. The normalized spacial score (nSPS) is 10.7. The predicted octanol–water partition coefficient (Wildman–Crippen LogP) is 4.52. The summed E-state index contributed by atoms with van der Waals surface area (Å²) in [6, 6.07) is 10.1. The van der Waals surface area contributed by atoms with E-state index < -0.39 is 0 Å². The summed E-state index contributed by atoms with van der Waals surface area (Å²) < 4.78 is 13.8. The van der Waals surface area contributed by atoms with Crippen molar-refractivity contribution in [2.24, 2.45) is 0 Å². The van der Waals surface area contributed by atoms with Crippen molar-refractivity contribution in [2.45, 2.75) is 6.54 Å². The second-order valence-corrected chi connectivity index (χ2v) is 4.80. The summed E-state index contributed by atoms with van der Waals surface area (Å²) in [6.45, 7) is 0.641. The summed E-state index contributed by atoms with van der Waals surface area (Å²) in [5.74, 6) is -0.333. The lowest BCUT2D eigenvalue weighted by Gasteiger charge is -2.08. The van der Waals surface area contributed by atoms with Gasteiger partial charge < -0.3 is 5.32 Å². The summed E-state index contributed by atoms with van der Waals surface area (Å²) in [5, 5.41) is 4.09. The van der Waals surface area contributed by atoms with Crippen molar-refractivity contribution in [3.63, 3.8) is 0 Å². The van der Waals surface area contributed by atoms with Crippen LogP contribution in [0.1, 0.15) is 5.56 Å². The van der Waals surface area contributed by atoms with Crippen LogP contribution in [0.15, 0.2) is 36.4 Å². The van der Waals surface area contributed by atoms with Crippen LogP contribution in [0.2, 0.25) is 10.0 Å². The second kappa shape index (κ2) is 5.70. The van der Waals surface area contributed by atoms with Gasteiger partial charge in [0.25, 0.3) is 0 Å². The third-order valence-electron chi connectivity index (χ3n) is 2.66. The highest BCUT2D eigenvalue weighted by atomic mass is 35.5. The van der Waals surface area contributed by atoms with Gasteiger partial charge in [-0.2, -0.15) is 0 Å². The van der Waals surface area contributed by atoms with Gasteiger partial charge in [-0.05, 0) is 48.5 Å². The third kappa shape index (κ3) is 2.83. The first-order valence-corrected chi connectivity index (χ1v) is 6.26. The molecule has 2 rings (SSSR count). The Hall–Kier alpha value is -1.09. The molecule has 0 spiro atoms. The Morgan fingerprint density at radius 1 is 1.11 bits per heavy atom. The lowest BCUT2D eigenvalue weighted by molar-refractivity contribution is 0.631. The van der Waals surface area contributed by atoms with Gasteiger partial charge in [0.1, 0.15) is 5.82 Å². The molecule has 0 fully saturated rings. The summed E-state index contributed by atoms with van der Waals surface area (Å²) in [4.78, 5) is 0. The minimum absolute atomic E-state index is 0.333. The first kappa shape index (κ1) is 13.3. The summed E-state index contributed by atoms with van der Waals surface area (Å²) in [7, 11) is 1.84. The quantitative estimate of drug-likeness (QED) is 0.873. The van der Waals surface area contributed by atoms with Crippen LogP contribution in [-0.2, 0) is 6.54 Å². The fraction of sp³-hybridized carbons (Fsp3) is 0.143. The first-order chi connectivity index (χ1) is 8.61. The molecule has 0 saturated carbocycles. The van der Waals surface area contributed by atoms with Gasteiger partial charge in [0.2, 0.25) is 0 Å². The second-order valence-electron chi connectivity index (χ2n) is 3.96. The Kier molecular flexibility index (Phi) is 4.23. The summed E-state index contributed by atoms with van der Waals surface area (Å²) in [5.41, 5.74) is 2.25. The van der Waals surface area contributed by atoms with Crippen molar-refractivity contribution in [2.75, 3.05) is 7.05 Å². The van der Waals surface area contributed by atoms with Crippen molar-refractivity contribution >= 4 is 23.2 Å². The standard InChI is InChI=1S/C14H12Cl2FN/c1-18-8-10-6-9(2-5-13(10)16)12-4-3-11(15)7-14(12)17/h2-7,18H,8H2,1H3. The summed E-state index contributed by atoms with van der Waals surface area (Å²) in [6.07, 6.45) is 0. The topological polar surface area (TPSA) is 12.0 Å². The van der Waals surface area contributed by atoms with E-state index >= 15 is 0 Å². The lowest BCUT2D eigenvalue weighted by atomic mass is 10.0. The monoisotopic (exact) mass is 283 g/mol. The van der Waals surface area contributed by atoms with E-state index in [2.05, 4.69) is 5.32 Å². The van der Waals surface area contributed by atoms with Gasteiger partial charge in [-0.3, -0.25) is 0 Å². The molecule has 2 aromatic carbocycles. The molecule has 4 heteroatoms. The molecule has 0 heterocycles. The molecule has 94 valence electrons. The Labute approximate surface area is 116 Å². The zero-order valence-electron chi connectivity index (χ0n) is 9.81. The minimum atomic E-state index is -0.333. The van der Waals surface area contributed by atoms with E-state index in [9.17, 15) is 4.39 Å². The molecule has 2 aromatic rings. The van der Waals surface area contributed by atoms with Gasteiger partial charge in [-0.1, -0.05) is 29.3 Å². The maximum atomic E-state index is 13.8. The number of rotatable bonds is 3. The van der Waals surface area contributed by atoms with Crippen LogP contribution in [-0.4, -0.2) is 7.05 Å². The molecule has 0 aromatic heterocycles. The average molecular weight is 284 g/mol. The highest BCUT2D eigenvalue weighted by Crippen LogP contribution is 2.28. The van der Waals surface area contributed by atoms with E-state index in [0.717, 1.165) is 11.1 Å². The van der Waals surface area contributed by atoms with Gasteiger partial charge in [0.15, 0.2) is 0 Å². The van der Waals surface area contributed by atoms with Crippen LogP contribution in [0.25, 0.3) is 11.1 Å². The fourth-order valence-corrected chi connectivity index (χ4v) is 2.13. The molecule has 0 amide bonds. The SMILES string of the molecule is CNCc1cc(-c2ccc(Cl)cc2F)ccc1Cl. The molecule has 1 nitrogen and oxygen atoms in total. The van der Waals surface area contributed by atoms with Crippen LogP contribution in [0.4, 0.5) is 4.39 Å². The number of hydrogen-bond acceptors (Lipinski definition) is 1. The fourth-order valence-electron chi connectivity index (χ4n) is 1.79. The molecule has 0 saturated heterocycles. The molecule has 0 aliphatic carbocycles. The molecular weight excluding hydrogens is 272 g/mol. The van der Waals surface area contributed by atoms with E-state index in [1.807, 2.05) is 13.1 Å². The number of nitrogens with one attached hydrogen (secondary N) is 1. The highest BCUT2D eigenvalue weighted by molar-refractivity contribution is 6.31. The molecule has 0 atom stereocenters. The van der Waals surface area contributed by atoms with Gasteiger partial charge in [0, 0.05) is 22.2 Å². The van der Waals surface area contributed by atoms with Gasteiger partial charge >= 0.3 is 0 Å². The first-order valence-electron chi connectivity index (χ1n) is 5.50. The molecule has 0 radical (unpaired) electrons. The van der Waals surface area contributed by atoms with Crippen molar-refractivity contribution < 1.29 is 4.39 Å². The molecule has 0 bridgehead atoms. The van der Waals surface area contributed by atoms with Crippen LogP contribution >= 0.6 is 23.2 Å². The van der Waals surface area contributed by atoms with E-state index in [-0.39, 0.29) is 5.82 Å². The molecular formula is C14H12Cl2FN. The van der Waals surface area contributed by atoms with Gasteiger partial charge in [-0.25, -0.2) is 4.39 Å². The van der Waals surface area contributed by atoms with Gasteiger partial charge in [-0.15, -0.1) is 0 Å². The average Bonchev–Trinajstić information content (AvgIpc) is 2.33. The van der Waals surface area contributed by atoms with Crippen LogP contribution < -0.4 is 5.32 Å². The Morgan fingerprint density at radius 2 is 1.89 bits per heavy atom. The van der Waals surface area contributed by atoms with Gasteiger partial charge in [0.05, 0.1) is 0 Å². The Bertz CT molecular complexity index is 570. The van der Waals surface area contributed by atoms with Crippen LogP contribution in [0.5, 0.6) is 0 Å². The van der Waals surface area contributed by atoms with E-state index in [0.29, 0.717) is 22.2 Å². The number of halogens is 3. The predicted molar refractivity (Wildman–Crippen MR) is 74.6 cm³/mol. The molecule has 0 aliphatic rings.